The molecule has 0 aliphatic heterocycles. The molecule has 0 saturated heterocycles. The molecule has 16 heavy (non-hydrogen) atoms. The third-order valence-corrected chi connectivity index (χ3v) is 3.38. The summed E-state index contributed by atoms with van der Waals surface area (Å²) in [7, 11) is -1.36. The maximum absolute atomic E-state index is 11.6. The molecule has 0 bridgehead atoms. The lowest BCUT2D eigenvalue weighted by Gasteiger charge is -2.23. The molecule has 90 valence electrons. The van der Waals surface area contributed by atoms with E-state index >= 15 is 0 Å². The van der Waals surface area contributed by atoms with E-state index in [-0.39, 0.29) is 6.04 Å². The first-order chi connectivity index (χ1) is 7.32. The highest BCUT2D eigenvalue weighted by Crippen LogP contribution is 2.23. The average Bonchev–Trinajstić information content (AvgIpc) is 2.15. The second kappa shape index (κ2) is 4.84. The quantitative estimate of drug-likeness (QED) is 0.851. The van der Waals surface area contributed by atoms with Crippen molar-refractivity contribution in [3.63, 3.8) is 0 Å². The predicted octanol–water partition coefficient (Wildman–Crippen LogP) is 0.873. The SMILES string of the molecule is CC(N)CN(C)c1ccccc1S(C)(=O)=O. The summed E-state index contributed by atoms with van der Waals surface area (Å²) in [4.78, 5) is 2.21. The van der Waals surface area contributed by atoms with Gasteiger partial charge in [-0.3, -0.25) is 0 Å². The number of para-hydroxylation sites is 1. The van der Waals surface area contributed by atoms with Gasteiger partial charge in [0.15, 0.2) is 9.84 Å². The van der Waals surface area contributed by atoms with Crippen LogP contribution in [0, 0.1) is 0 Å². The van der Waals surface area contributed by atoms with Crippen LogP contribution in [-0.2, 0) is 9.84 Å². The zero-order valence-corrected chi connectivity index (χ0v) is 10.7. The average molecular weight is 242 g/mol. The van der Waals surface area contributed by atoms with Crippen LogP contribution in [0.4, 0.5) is 5.69 Å². The maximum atomic E-state index is 11.6. The number of rotatable bonds is 4. The third kappa shape index (κ3) is 3.21. The van der Waals surface area contributed by atoms with Crippen molar-refractivity contribution in [1.82, 2.24) is 0 Å². The smallest absolute Gasteiger partial charge is 0.177 e. The first-order valence-electron chi connectivity index (χ1n) is 5.08. The fraction of sp³-hybridized carbons (Fsp3) is 0.455. The molecular formula is C11H18N2O2S. The number of hydrogen-bond donors (Lipinski definition) is 1. The Morgan fingerprint density at radius 3 is 2.44 bits per heavy atom. The molecular weight excluding hydrogens is 224 g/mol. The Hall–Kier alpha value is -1.07. The van der Waals surface area contributed by atoms with Crippen molar-refractivity contribution >= 4 is 15.5 Å². The second-order valence-electron chi connectivity index (χ2n) is 4.10. The molecule has 0 spiro atoms. The Morgan fingerprint density at radius 1 is 1.38 bits per heavy atom. The van der Waals surface area contributed by atoms with Crippen LogP contribution in [0.2, 0.25) is 0 Å². The third-order valence-electron chi connectivity index (χ3n) is 2.24. The summed E-state index contributed by atoms with van der Waals surface area (Å²) >= 11 is 0. The van der Waals surface area contributed by atoms with Gasteiger partial charge >= 0.3 is 0 Å². The van der Waals surface area contributed by atoms with E-state index in [1.54, 1.807) is 18.2 Å². The minimum Gasteiger partial charge on any atom is -0.372 e. The van der Waals surface area contributed by atoms with Gasteiger partial charge in [-0.05, 0) is 19.1 Å². The van der Waals surface area contributed by atoms with Crippen molar-refractivity contribution in [1.29, 1.82) is 0 Å². The van der Waals surface area contributed by atoms with Crippen LogP contribution < -0.4 is 10.6 Å². The second-order valence-corrected chi connectivity index (χ2v) is 6.08. The molecule has 1 aromatic rings. The minimum atomic E-state index is -3.20. The lowest BCUT2D eigenvalue weighted by atomic mass is 10.2. The van der Waals surface area contributed by atoms with Gasteiger partial charge in [-0.15, -0.1) is 0 Å². The molecule has 1 atom stereocenters. The Balaban J connectivity index is 3.14. The molecule has 2 N–H and O–H groups in total. The molecule has 1 rings (SSSR count). The Morgan fingerprint density at radius 2 is 1.94 bits per heavy atom. The molecule has 0 saturated carbocycles. The zero-order valence-electron chi connectivity index (χ0n) is 9.84. The molecule has 1 unspecified atom stereocenters. The lowest BCUT2D eigenvalue weighted by Crippen LogP contribution is -2.33. The van der Waals surface area contributed by atoms with E-state index in [0.29, 0.717) is 17.1 Å². The highest BCUT2D eigenvalue weighted by atomic mass is 32.2. The van der Waals surface area contributed by atoms with Crippen LogP contribution in [-0.4, -0.2) is 34.3 Å². The van der Waals surface area contributed by atoms with Gasteiger partial charge in [0.05, 0.1) is 10.6 Å². The molecule has 0 radical (unpaired) electrons. The fourth-order valence-electron chi connectivity index (χ4n) is 1.62. The van der Waals surface area contributed by atoms with Crippen molar-refractivity contribution in [2.75, 3.05) is 24.7 Å². The topological polar surface area (TPSA) is 63.4 Å². The van der Waals surface area contributed by atoms with E-state index in [1.165, 1.54) is 6.26 Å². The van der Waals surface area contributed by atoms with Crippen molar-refractivity contribution in [3.05, 3.63) is 24.3 Å². The number of hydrogen-bond acceptors (Lipinski definition) is 4. The molecule has 0 aliphatic carbocycles. The number of nitrogens with zero attached hydrogens (tertiary/aromatic N) is 1. The first kappa shape index (κ1) is 13.0. The van der Waals surface area contributed by atoms with Gasteiger partial charge in [-0.2, -0.15) is 0 Å². The fourth-order valence-corrected chi connectivity index (χ4v) is 2.55. The molecule has 0 amide bonds. The summed E-state index contributed by atoms with van der Waals surface area (Å²) in [6.45, 7) is 2.51. The number of anilines is 1. The summed E-state index contributed by atoms with van der Waals surface area (Å²) in [6.07, 6.45) is 1.21. The van der Waals surface area contributed by atoms with E-state index in [2.05, 4.69) is 0 Å². The van der Waals surface area contributed by atoms with Gasteiger partial charge in [0, 0.05) is 25.9 Å². The monoisotopic (exact) mass is 242 g/mol. The molecule has 4 nitrogen and oxygen atoms in total. The van der Waals surface area contributed by atoms with E-state index in [1.807, 2.05) is 24.9 Å². The summed E-state index contributed by atoms with van der Waals surface area (Å²) < 4.78 is 23.2. The lowest BCUT2D eigenvalue weighted by molar-refractivity contribution is 0.601. The molecule has 0 aliphatic rings. The summed E-state index contributed by atoms with van der Waals surface area (Å²) in [6, 6.07) is 6.94. The highest BCUT2D eigenvalue weighted by Gasteiger charge is 2.15. The van der Waals surface area contributed by atoms with Crippen LogP contribution in [0.1, 0.15) is 6.92 Å². The van der Waals surface area contributed by atoms with Crippen molar-refractivity contribution in [2.45, 2.75) is 17.9 Å². The molecule has 0 heterocycles. The maximum Gasteiger partial charge on any atom is 0.177 e. The van der Waals surface area contributed by atoms with Gasteiger partial charge < -0.3 is 10.6 Å². The van der Waals surface area contributed by atoms with Gasteiger partial charge in [-0.1, -0.05) is 12.1 Å². The van der Waals surface area contributed by atoms with Crippen molar-refractivity contribution < 1.29 is 8.42 Å². The first-order valence-corrected chi connectivity index (χ1v) is 6.97. The Labute approximate surface area is 97.0 Å². The van der Waals surface area contributed by atoms with Crippen LogP contribution in [0.3, 0.4) is 0 Å². The minimum absolute atomic E-state index is 0.00221. The number of sulfone groups is 1. The number of likely N-dealkylation sites (N-methyl/N-ethyl adjacent to an activating group) is 1. The summed E-state index contributed by atoms with van der Waals surface area (Å²) in [5, 5.41) is 0. The zero-order chi connectivity index (χ0) is 12.3. The Bertz CT molecular complexity index is 455. The largest absolute Gasteiger partial charge is 0.372 e. The standard InChI is InChI=1S/C11H18N2O2S/c1-9(12)8-13(2)10-6-4-5-7-11(10)16(3,14)15/h4-7,9H,8,12H2,1-3H3. The van der Waals surface area contributed by atoms with Crippen molar-refractivity contribution in [3.8, 4) is 0 Å². The highest BCUT2D eigenvalue weighted by molar-refractivity contribution is 7.90. The van der Waals surface area contributed by atoms with E-state index in [9.17, 15) is 8.42 Å². The van der Waals surface area contributed by atoms with Gasteiger partial charge in [0.2, 0.25) is 0 Å². The van der Waals surface area contributed by atoms with E-state index in [4.69, 9.17) is 5.73 Å². The molecule has 5 heteroatoms. The van der Waals surface area contributed by atoms with Gasteiger partial charge in [0.25, 0.3) is 0 Å². The van der Waals surface area contributed by atoms with Gasteiger partial charge in [0.1, 0.15) is 0 Å². The van der Waals surface area contributed by atoms with E-state index < -0.39 is 9.84 Å². The predicted molar refractivity (Wildman–Crippen MR) is 66.5 cm³/mol. The normalized spacial score (nSPS) is 13.5. The molecule has 0 aromatic heterocycles. The summed E-state index contributed by atoms with van der Waals surface area (Å²) in [5.74, 6) is 0. The van der Waals surface area contributed by atoms with Gasteiger partial charge in [-0.25, -0.2) is 8.42 Å². The summed E-state index contributed by atoms with van der Waals surface area (Å²) in [5.41, 5.74) is 6.40. The van der Waals surface area contributed by atoms with Crippen LogP contribution in [0.5, 0.6) is 0 Å². The number of benzene rings is 1. The number of nitrogens with two attached hydrogens (primary N) is 1. The Kier molecular flexibility index (Phi) is 3.93. The van der Waals surface area contributed by atoms with Crippen LogP contribution >= 0.6 is 0 Å². The van der Waals surface area contributed by atoms with Crippen molar-refractivity contribution in [2.24, 2.45) is 5.73 Å². The molecule has 0 fully saturated rings. The van der Waals surface area contributed by atoms with Crippen LogP contribution in [0.15, 0.2) is 29.2 Å². The van der Waals surface area contributed by atoms with Crippen LogP contribution in [0.25, 0.3) is 0 Å². The van der Waals surface area contributed by atoms with E-state index in [0.717, 1.165) is 0 Å². The molecule has 1 aromatic carbocycles.